The van der Waals surface area contributed by atoms with Gasteiger partial charge in [0.25, 0.3) is 5.91 Å². The van der Waals surface area contributed by atoms with Crippen LogP contribution in [0.1, 0.15) is 26.3 Å². The third-order valence-corrected chi connectivity index (χ3v) is 4.00. The predicted molar refractivity (Wildman–Crippen MR) is 93.9 cm³/mol. The smallest absolute Gasteiger partial charge is 0.410 e. The summed E-state index contributed by atoms with van der Waals surface area (Å²) in [6.45, 7) is 6.69. The van der Waals surface area contributed by atoms with Crippen molar-refractivity contribution < 1.29 is 29.6 Å². The monoisotopic (exact) mass is 366 g/mol. The molecule has 1 aromatic rings. The molecular formula is C18H26N2O6. The second-order valence-electron chi connectivity index (χ2n) is 7.34. The van der Waals surface area contributed by atoms with E-state index >= 15 is 0 Å². The number of phenols is 2. The number of aliphatic hydroxyl groups is 1. The Hall–Kier alpha value is -2.48. The van der Waals surface area contributed by atoms with Crippen molar-refractivity contribution in [3.63, 3.8) is 0 Å². The fourth-order valence-electron chi connectivity index (χ4n) is 2.65. The first kappa shape index (κ1) is 19.8. The van der Waals surface area contributed by atoms with Gasteiger partial charge >= 0.3 is 6.09 Å². The van der Waals surface area contributed by atoms with E-state index in [1.165, 1.54) is 23.1 Å². The van der Waals surface area contributed by atoms with Crippen LogP contribution in [-0.4, -0.2) is 75.0 Å². The minimum atomic E-state index is -1.26. The van der Waals surface area contributed by atoms with E-state index in [0.717, 1.165) is 0 Å². The summed E-state index contributed by atoms with van der Waals surface area (Å²) in [6.07, 6.45) is -1.64. The number of benzene rings is 1. The molecule has 0 aliphatic carbocycles. The Kier molecular flexibility index (Phi) is 5.97. The molecule has 3 N–H and O–H groups in total. The lowest BCUT2D eigenvalue weighted by Crippen LogP contribution is -2.53. The molecule has 1 aromatic carbocycles. The molecule has 1 atom stereocenters. The van der Waals surface area contributed by atoms with E-state index in [1.54, 1.807) is 25.7 Å². The molecule has 1 saturated heterocycles. The van der Waals surface area contributed by atoms with Crippen LogP contribution in [0.5, 0.6) is 11.5 Å². The molecule has 2 amide bonds. The number of phenolic OH excluding ortho intramolecular Hbond substituents is 2. The van der Waals surface area contributed by atoms with Crippen molar-refractivity contribution in [1.82, 2.24) is 9.80 Å². The minimum absolute atomic E-state index is 0.0267. The van der Waals surface area contributed by atoms with Crippen LogP contribution in [0.3, 0.4) is 0 Å². The largest absolute Gasteiger partial charge is 0.504 e. The zero-order valence-electron chi connectivity index (χ0n) is 15.3. The average molecular weight is 366 g/mol. The van der Waals surface area contributed by atoms with E-state index in [4.69, 9.17) is 4.74 Å². The number of hydrogen-bond donors (Lipinski definition) is 3. The molecule has 1 aliphatic rings. The first-order chi connectivity index (χ1) is 12.1. The Labute approximate surface area is 152 Å². The Morgan fingerprint density at radius 3 is 2.19 bits per heavy atom. The number of nitrogens with zero attached hydrogens (tertiary/aromatic N) is 2. The lowest BCUT2D eigenvalue weighted by Gasteiger charge is -2.36. The van der Waals surface area contributed by atoms with E-state index in [0.29, 0.717) is 31.7 Å². The number of aliphatic hydroxyl groups excluding tert-OH is 1. The Balaban J connectivity index is 1.87. The van der Waals surface area contributed by atoms with Gasteiger partial charge in [-0.3, -0.25) is 4.79 Å². The maximum Gasteiger partial charge on any atom is 0.410 e. The van der Waals surface area contributed by atoms with E-state index in [2.05, 4.69) is 0 Å². The van der Waals surface area contributed by atoms with Crippen LogP contribution in [0, 0.1) is 0 Å². The van der Waals surface area contributed by atoms with Gasteiger partial charge in [-0.05, 0) is 38.5 Å². The van der Waals surface area contributed by atoms with Gasteiger partial charge in [-0.15, -0.1) is 0 Å². The van der Waals surface area contributed by atoms with Crippen molar-refractivity contribution in [3.8, 4) is 11.5 Å². The predicted octanol–water partition coefficient (Wildman–Crippen LogP) is 1.08. The molecule has 1 heterocycles. The first-order valence-corrected chi connectivity index (χ1v) is 8.52. The normalized spacial score (nSPS) is 16.3. The fraction of sp³-hybridized carbons (Fsp3) is 0.556. The van der Waals surface area contributed by atoms with Crippen molar-refractivity contribution >= 4 is 12.0 Å². The van der Waals surface area contributed by atoms with Crippen LogP contribution >= 0.6 is 0 Å². The molecule has 26 heavy (non-hydrogen) atoms. The lowest BCUT2D eigenvalue weighted by molar-refractivity contribution is -0.141. The highest BCUT2D eigenvalue weighted by Gasteiger charge is 2.30. The lowest BCUT2D eigenvalue weighted by atomic mass is 10.1. The first-order valence-electron chi connectivity index (χ1n) is 8.52. The zero-order chi connectivity index (χ0) is 19.5. The number of hydrogen-bond acceptors (Lipinski definition) is 6. The van der Waals surface area contributed by atoms with Gasteiger partial charge in [0.2, 0.25) is 0 Å². The number of aromatic hydroxyl groups is 2. The van der Waals surface area contributed by atoms with Crippen molar-refractivity contribution in [2.75, 3.05) is 26.2 Å². The topological polar surface area (TPSA) is 111 Å². The van der Waals surface area contributed by atoms with Crippen LogP contribution in [0.2, 0.25) is 0 Å². The van der Waals surface area contributed by atoms with Crippen LogP contribution in [0.15, 0.2) is 18.2 Å². The maximum absolute atomic E-state index is 12.4. The maximum atomic E-state index is 12.4. The summed E-state index contributed by atoms with van der Waals surface area (Å²) >= 11 is 0. The molecule has 8 nitrogen and oxygen atoms in total. The molecule has 0 saturated carbocycles. The summed E-state index contributed by atoms with van der Waals surface area (Å²) < 4.78 is 5.31. The summed E-state index contributed by atoms with van der Waals surface area (Å²) in [7, 11) is 0. The van der Waals surface area contributed by atoms with Crippen LogP contribution < -0.4 is 0 Å². The number of carbonyl (C=O) groups excluding carboxylic acids is 2. The molecule has 0 radical (unpaired) electrons. The third-order valence-electron chi connectivity index (χ3n) is 4.00. The minimum Gasteiger partial charge on any atom is -0.504 e. The van der Waals surface area contributed by atoms with Crippen molar-refractivity contribution in [3.05, 3.63) is 23.8 Å². The number of carbonyl (C=O) groups is 2. The van der Waals surface area contributed by atoms with Crippen molar-refractivity contribution in [2.24, 2.45) is 0 Å². The van der Waals surface area contributed by atoms with Crippen LogP contribution in [0.25, 0.3) is 0 Å². The fourth-order valence-corrected chi connectivity index (χ4v) is 2.65. The van der Waals surface area contributed by atoms with Gasteiger partial charge in [0.05, 0.1) is 0 Å². The van der Waals surface area contributed by atoms with Gasteiger partial charge in [0.1, 0.15) is 11.7 Å². The van der Waals surface area contributed by atoms with E-state index < -0.39 is 23.7 Å². The highest BCUT2D eigenvalue weighted by Crippen LogP contribution is 2.25. The summed E-state index contributed by atoms with van der Waals surface area (Å²) in [5.41, 5.74) is -0.0378. The molecule has 1 fully saturated rings. The average Bonchev–Trinajstić information content (AvgIpc) is 2.56. The van der Waals surface area contributed by atoms with Gasteiger partial charge in [0.15, 0.2) is 11.5 Å². The highest BCUT2D eigenvalue weighted by atomic mass is 16.6. The molecule has 0 aromatic heterocycles. The van der Waals surface area contributed by atoms with Gasteiger partial charge in [-0.25, -0.2) is 4.79 Å². The van der Waals surface area contributed by atoms with E-state index in [-0.39, 0.29) is 17.9 Å². The number of ether oxygens (including phenoxy) is 1. The zero-order valence-corrected chi connectivity index (χ0v) is 15.3. The summed E-state index contributed by atoms with van der Waals surface area (Å²) in [5, 5.41) is 29.0. The molecule has 0 bridgehead atoms. The Bertz CT molecular complexity index is 662. The standard InChI is InChI=1S/C18H26N2O6/c1-18(2,3)26-17(25)20-8-6-19(7-9-20)16(24)15(23)11-12-4-5-13(21)14(22)10-12/h4-5,10,15,21-23H,6-9,11H2,1-3H3. The number of amides is 2. The summed E-state index contributed by atoms with van der Waals surface area (Å²) in [6, 6.07) is 4.15. The molecule has 1 unspecified atom stereocenters. The van der Waals surface area contributed by atoms with Crippen molar-refractivity contribution in [2.45, 2.75) is 38.9 Å². The van der Waals surface area contributed by atoms with Crippen LogP contribution in [0.4, 0.5) is 4.79 Å². The molecule has 0 spiro atoms. The summed E-state index contributed by atoms with van der Waals surface area (Å²) in [4.78, 5) is 27.5. The molecular weight excluding hydrogens is 340 g/mol. The molecule has 1 aliphatic heterocycles. The highest BCUT2D eigenvalue weighted by molar-refractivity contribution is 5.81. The van der Waals surface area contributed by atoms with Gasteiger partial charge in [-0.1, -0.05) is 6.07 Å². The second-order valence-corrected chi connectivity index (χ2v) is 7.34. The number of rotatable bonds is 3. The Morgan fingerprint density at radius 2 is 1.65 bits per heavy atom. The molecule has 2 rings (SSSR count). The molecule has 8 heteroatoms. The van der Waals surface area contributed by atoms with E-state index in [9.17, 15) is 24.9 Å². The molecule has 144 valence electrons. The van der Waals surface area contributed by atoms with Crippen LogP contribution in [-0.2, 0) is 16.0 Å². The second kappa shape index (κ2) is 7.82. The van der Waals surface area contributed by atoms with Gasteiger partial charge in [-0.2, -0.15) is 0 Å². The summed E-state index contributed by atoms with van der Waals surface area (Å²) in [5.74, 6) is -0.984. The number of piperazine rings is 1. The quantitative estimate of drug-likeness (QED) is 0.691. The van der Waals surface area contributed by atoms with Gasteiger partial charge < -0.3 is 29.9 Å². The third kappa shape index (κ3) is 5.26. The Morgan fingerprint density at radius 1 is 1.08 bits per heavy atom. The van der Waals surface area contributed by atoms with Crippen molar-refractivity contribution in [1.29, 1.82) is 0 Å². The SMILES string of the molecule is CC(C)(C)OC(=O)N1CCN(C(=O)C(O)Cc2ccc(O)c(O)c2)CC1. The van der Waals surface area contributed by atoms with E-state index in [1.807, 2.05) is 0 Å². The van der Waals surface area contributed by atoms with Gasteiger partial charge in [0, 0.05) is 32.6 Å².